The van der Waals surface area contributed by atoms with Crippen LogP contribution in [0.1, 0.15) is 26.5 Å². The molecule has 0 spiro atoms. The molecular formula is C20H26N4O4S. The van der Waals surface area contributed by atoms with Gasteiger partial charge in [0.05, 0.1) is 10.6 Å². The van der Waals surface area contributed by atoms with Crippen LogP contribution in [0.3, 0.4) is 0 Å². The van der Waals surface area contributed by atoms with E-state index in [4.69, 9.17) is 0 Å². The molecule has 1 fully saturated rings. The minimum absolute atomic E-state index is 0.159. The average molecular weight is 419 g/mol. The fraction of sp³-hybridized carbons (Fsp3) is 0.450. The lowest BCUT2D eigenvalue weighted by Crippen LogP contribution is -2.51. The number of hydrogen-bond donors (Lipinski definition) is 0. The van der Waals surface area contributed by atoms with Gasteiger partial charge in [0.2, 0.25) is 15.9 Å². The number of piperazine rings is 1. The molecule has 1 aliphatic heterocycles. The van der Waals surface area contributed by atoms with Gasteiger partial charge >= 0.3 is 0 Å². The van der Waals surface area contributed by atoms with Crippen molar-refractivity contribution in [3.05, 3.63) is 58.5 Å². The highest BCUT2D eigenvalue weighted by Crippen LogP contribution is 2.19. The summed E-state index contributed by atoms with van der Waals surface area (Å²) in [4.78, 5) is 26.6. The Kier molecular flexibility index (Phi) is 5.90. The zero-order valence-electron chi connectivity index (χ0n) is 16.9. The molecule has 1 aromatic heterocycles. The molecule has 3 rings (SSSR count). The van der Waals surface area contributed by atoms with Crippen LogP contribution in [0.2, 0.25) is 0 Å². The van der Waals surface area contributed by atoms with Gasteiger partial charge in [-0.1, -0.05) is 39.0 Å². The van der Waals surface area contributed by atoms with Crippen molar-refractivity contribution >= 4 is 15.9 Å². The van der Waals surface area contributed by atoms with Gasteiger partial charge < -0.3 is 4.90 Å². The third-order valence-corrected chi connectivity index (χ3v) is 6.81. The summed E-state index contributed by atoms with van der Waals surface area (Å²) < 4.78 is 28.0. The Hall–Kier alpha value is -2.52. The molecule has 1 saturated heterocycles. The molecule has 1 aliphatic rings. The van der Waals surface area contributed by atoms with Crippen LogP contribution < -0.4 is 5.56 Å². The molecule has 1 aromatic carbocycles. The standard InChI is InChI=1S/C20H26N4O4S/c1-20(2,3)17-9-10-18(25)24(21-17)15-19(26)22-11-13-23(14-12-22)29(27,28)16-7-5-4-6-8-16/h4-10H,11-15H2,1-3H3. The molecule has 8 nitrogen and oxygen atoms in total. The summed E-state index contributed by atoms with van der Waals surface area (Å²) >= 11 is 0. The first-order valence-electron chi connectivity index (χ1n) is 9.51. The molecule has 1 amide bonds. The first-order chi connectivity index (χ1) is 13.6. The van der Waals surface area contributed by atoms with Gasteiger partial charge in [-0.15, -0.1) is 0 Å². The molecule has 2 aromatic rings. The van der Waals surface area contributed by atoms with E-state index >= 15 is 0 Å². The predicted octanol–water partition coefficient (Wildman–Crippen LogP) is 1.07. The maximum absolute atomic E-state index is 12.7. The van der Waals surface area contributed by atoms with Crippen molar-refractivity contribution in [1.82, 2.24) is 19.0 Å². The molecule has 156 valence electrons. The molecule has 0 aliphatic carbocycles. The molecule has 0 saturated carbocycles. The van der Waals surface area contributed by atoms with Crippen molar-refractivity contribution in [1.29, 1.82) is 0 Å². The van der Waals surface area contributed by atoms with Gasteiger partial charge in [-0.2, -0.15) is 9.40 Å². The monoisotopic (exact) mass is 418 g/mol. The minimum atomic E-state index is -3.57. The SMILES string of the molecule is CC(C)(C)c1ccc(=O)n(CC(=O)N2CCN(S(=O)(=O)c3ccccc3)CC2)n1. The lowest BCUT2D eigenvalue weighted by atomic mass is 9.92. The summed E-state index contributed by atoms with van der Waals surface area (Å²) in [6, 6.07) is 11.4. The fourth-order valence-corrected chi connectivity index (χ4v) is 4.55. The molecule has 9 heteroatoms. The van der Waals surface area contributed by atoms with E-state index in [1.165, 1.54) is 15.1 Å². The number of carbonyl (C=O) groups excluding carboxylic acids is 1. The van der Waals surface area contributed by atoms with Gasteiger partial charge in [-0.3, -0.25) is 9.59 Å². The van der Waals surface area contributed by atoms with Gasteiger partial charge in [0.1, 0.15) is 6.54 Å². The highest BCUT2D eigenvalue weighted by Gasteiger charge is 2.30. The van der Waals surface area contributed by atoms with Gasteiger partial charge in [0, 0.05) is 37.7 Å². The molecule has 29 heavy (non-hydrogen) atoms. The minimum Gasteiger partial charge on any atom is -0.338 e. The topological polar surface area (TPSA) is 92.6 Å². The van der Waals surface area contributed by atoms with E-state index in [9.17, 15) is 18.0 Å². The van der Waals surface area contributed by atoms with Crippen LogP contribution in [0.4, 0.5) is 0 Å². The predicted molar refractivity (Wildman–Crippen MR) is 109 cm³/mol. The average Bonchev–Trinajstić information content (AvgIpc) is 2.69. The number of hydrogen-bond acceptors (Lipinski definition) is 5. The molecule has 2 heterocycles. The fourth-order valence-electron chi connectivity index (χ4n) is 3.11. The zero-order chi connectivity index (χ0) is 21.2. The zero-order valence-corrected chi connectivity index (χ0v) is 17.7. The highest BCUT2D eigenvalue weighted by atomic mass is 32.2. The largest absolute Gasteiger partial charge is 0.338 e. The van der Waals surface area contributed by atoms with E-state index in [0.29, 0.717) is 0 Å². The van der Waals surface area contributed by atoms with Crippen LogP contribution in [-0.2, 0) is 26.8 Å². The number of carbonyl (C=O) groups is 1. The van der Waals surface area contributed by atoms with Crippen molar-refractivity contribution in [3.8, 4) is 0 Å². The normalized spacial score (nSPS) is 16.0. The molecule has 0 radical (unpaired) electrons. The van der Waals surface area contributed by atoms with Crippen molar-refractivity contribution in [3.63, 3.8) is 0 Å². The summed E-state index contributed by atoms with van der Waals surface area (Å²) in [6.45, 7) is 6.78. The third-order valence-electron chi connectivity index (χ3n) is 4.89. The van der Waals surface area contributed by atoms with Gasteiger partial charge in [-0.05, 0) is 18.2 Å². The second kappa shape index (κ2) is 8.08. The lowest BCUT2D eigenvalue weighted by molar-refractivity contribution is -0.133. The summed E-state index contributed by atoms with van der Waals surface area (Å²) in [7, 11) is -3.57. The van der Waals surface area contributed by atoms with Gasteiger partial charge in [-0.25, -0.2) is 13.1 Å². The molecule has 0 N–H and O–H groups in total. The van der Waals surface area contributed by atoms with Crippen LogP contribution >= 0.6 is 0 Å². The summed E-state index contributed by atoms with van der Waals surface area (Å²) in [5.74, 6) is -0.248. The van der Waals surface area contributed by atoms with Crippen LogP contribution in [-0.4, -0.2) is 59.5 Å². The Bertz CT molecular complexity index is 1030. The summed E-state index contributed by atoms with van der Waals surface area (Å²) in [5, 5.41) is 4.32. The number of amides is 1. The molecular weight excluding hydrogens is 392 g/mol. The smallest absolute Gasteiger partial charge is 0.267 e. The van der Waals surface area contributed by atoms with E-state index < -0.39 is 10.0 Å². The first-order valence-corrected chi connectivity index (χ1v) is 10.9. The second-order valence-corrected chi connectivity index (χ2v) is 10.0. The molecule has 0 bridgehead atoms. The first kappa shape index (κ1) is 21.2. The quantitative estimate of drug-likeness (QED) is 0.741. The van der Waals surface area contributed by atoms with Crippen molar-refractivity contribution in [2.75, 3.05) is 26.2 Å². The number of aromatic nitrogens is 2. The Balaban J connectivity index is 1.66. The highest BCUT2D eigenvalue weighted by molar-refractivity contribution is 7.89. The Morgan fingerprint density at radius 2 is 1.62 bits per heavy atom. The lowest BCUT2D eigenvalue weighted by Gasteiger charge is -2.34. The Morgan fingerprint density at radius 1 is 1.00 bits per heavy atom. The Morgan fingerprint density at radius 3 is 2.21 bits per heavy atom. The van der Waals surface area contributed by atoms with E-state index in [-0.39, 0.29) is 54.5 Å². The maximum Gasteiger partial charge on any atom is 0.267 e. The second-order valence-electron chi connectivity index (χ2n) is 8.06. The maximum atomic E-state index is 12.7. The summed E-state index contributed by atoms with van der Waals surface area (Å²) in [6.07, 6.45) is 0. The van der Waals surface area contributed by atoms with Crippen LogP contribution in [0.15, 0.2) is 52.2 Å². The number of rotatable bonds is 4. The van der Waals surface area contributed by atoms with Gasteiger partial charge in [0.25, 0.3) is 5.56 Å². The van der Waals surface area contributed by atoms with E-state index in [2.05, 4.69) is 5.10 Å². The number of benzene rings is 1. The summed E-state index contributed by atoms with van der Waals surface area (Å²) in [5.41, 5.74) is 0.149. The van der Waals surface area contributed by atoms with Crippen molar-refractivity contribution < 1.29 is 13.2 Å². The molecule has 0 unspecified atom stereocenters. The van der Waals surface area contributed by atoms with Crippen LogP contribution in [0.5, 0.6) is 0 Å². The van der Waals surface area contributed by atoms with E-state index in [1.54, 1.807) is 41.3 Å². The number of nitrogens with zero attached hydrogens (tertiary/aromatic N) is 4. The van der Waals surface area contributed by atoms with Crippen LogP contribution in [0, 0.1) is 0 Å². The van der Waals surface area contributed by atoms with Crippen LogP contribution in [0.25, 0.3) is 0 Å². The third kappa shape index (κ3) is 4.73. The number of sulfonamides is 1. The van der Waals surface area contributed by atoms with E-state index in [1.807, 2.05) is 20.8 Å². The van der Waals surface area contributed by atoms with Crippen molar-refractivity contribution in [2.24, 2.45) is 0 Å². The van der Waals surface area contributed by atoms with Gasteiger partial charge in [0.15, 0.2) is 0 Å². The van der Waals surface area contributed by atoms with Crippen molar-refractivity contribution in [2.45, 2.75) is 37.6 Å². The van der Waals surface area contributed by atoms with E-state index in [0.717, 1.165) is 5.69 Å². The Labute approximate surface area is 170 Å². The molecule has 0 atom stereocenters.